The molecule has 112 valence electrons. The summed E-state index contributed by atoms with van der Waals surface area (Å²) in [5.41, 5.74) is 7.86. The number of hydrogen-bond acceptors (Lipinski definition) is 4. The van der Waals surface area contributed by atoms with Crippen molar-refractivity contribution in [2.75, 3.05) is 20.3 Å². The van der Waals surface area contributed by atoms with Gasteiger partial charge in [-0.25, -0.2) is 0 Å². The highest BCUT2D eigenvalue weighted by atomic mass is 16.5. The number of nitrogens with two attached hydrogens (primary N) is 1. The molecule has 0 bridgehead atoms. The van der Waals surface area contributed by atoms with Gasteiger partial charge in [0.1, 0.15) is 5.75 Å². The fourth-order valence-corrected chi connectivity index (χ4v) is 1.89. The van der Waals surface area contributed by atoms with Crippen LogP contribution in [0.3, 0.4) is 0 Å². The van der Waals surface area contributed by atoms with Gasteiger partial charge in [0.2, 0.25) is 0 Å². The number of amides is 1. The van der Waals surface area contributed by atoms with Gasteiger partial charge in [-0.2, -0.15) is 0 Å². The second-order valence-corrected chi connectivity index (χ2v) is 5.04. The average molecular weight is 280 g/mol. The third-order valence-corrected chi connectivity index (χ3v) is 2.84. The van der Waals surface area contributed by atoms with Gasteiger partial charge in [-0.3, -0.25) is 4.79 Å². The predicted octanol–water partition coefficient (Wildman–Crippen LogP) is 1.54. The van der Waals surface area contributed by atoms with E-state index in [1.54, 1.807) is 7.11 Å². The molecule has 0 saturated heterocycles. The Kier molecular flexibility index (Phi) is 6.48. The van der Waals surface area contributed by atoms with Crippen LogP contribution >= 0.6 is 0 Å². The van der Waals surface area contributed by atoms with E-state index in [0.717, 1.165) is 11.1 Å². The molecular formula is C15H24N2O3. The lowest BCUT2D eigenvalue weighted by Crippen LogP contribution is -2.38. The maximum Gasteiger partial charge on any atom is 0.258 e. The van der Waals surface area contributed by atoms with Crippen LogP contribution in [0.4, 0.5) is 0 Å². The van der Waals surface area contributed by atoms with Crippen LogP contribution in [0.5, 0.6) is 5.75 Å². The van der Waals surface area contributed by atoms with Crippen molar-refractivity contribution in [3.63, 3.8) is 0 Å². The third-order valence-electron chi connectivity index (χ3n) is 2.84. The molecule has 0 aliphatic rings. The lowest BCUT2D eigenvalue weighted by atomic mass is 10.1. The number of nitrogens with one attached hydrogen (secondary N) is 1. The highest BCUT2D eigenvalue weighted by molar-refractivity contribution is 5.77. The SMILES string of the molecule is COCC(C)NC(=O)COc1cc(C)ccc1C(C)N. The monoisotopic (exact) mass is 280 g/mol. The van der Waals surface area contributed by atoms with Crippen LogP contribution in [0.1, 0.15) is 31.0 Å². The Bertz CT molecular complexity index is 447. The van der Waals surface area contributed by atoms with E-state index in [9.17, 15) is 4.79 Å². The minimum absolute atomic E-state index is 0.0305. The van der Waals surface area contributed by atoms with Crippen molar-refractivity contribution >= 4 is 5.91 Å². The standard InChI is InChI=1S/C15H24N2O3/c1-10-5-6-13(12(3)16)14(7-10)20-9-15(18)17-11(2)8-19-4/h5-7,11-12H,8-9,16H2,1-4H3,(H,17,18). The van der Waals surface area contributed by atoms with Crippen molar-refractivity contribution < 1.29 is 14.3 Å². The first-order chi connectivity index (χ1) is 9.43. The van der Waals surface area contributed by atoms with Crippen molar-refractivity contribution in [3.05, 3.63) is 29.3 Å². The van der Waals surface area contributed by atoms with Gasteiger partial charge in [0.05, 0.1) is 6.61 Å². The summed E-state index contributed by atoms with van der Waals surface area (Å²) < 4.78 is 10.5. The first kappa shape index (κ1) is 16.5. The lowest BCUT2D eigenvalue weighted by molar-refractivity contribution is -0.124. The third kappa shape index (κ3) is 5.19. The van der Waals surface area contributed by atoms with E-state index in [1.165, 1.54) is 0 Å². The summed E-state index contributed by atoms with van der Waals surface area (Å²) in [6.07, 6.45) is 0. The minimum Gasteiger partial charge on any atom is -0.483 e. The molecule has 0 heterocycles. The summed E-state index contributed by atoms with van der Waals surface area (Å²) in [6.45, 7) is 6.18. The van der Waals surface area contributed by atoms with Crippen molar-refractivity contribution in [2.24, 2.45) is 5.73 Å². The zero-order chi connectivity index (χ0) is 15.1. The number of methoxy groups -OCH3 is 1. The van der Waals surface area contributed by atoms with E-state index in [-0.39, 0.29) is 24.6 Å². The topological polar surface area (TPSA) is 73.6 Å². The van der Waals surface area contributed by atoms with Crippen molar-refractivity contribution in [1.82, 2.24) is 5.32 Å². The smallest absolute Gasteiger partial charge is 0.258 e. The second-order valence-electron chi connectivity index (χ2n) is 5.04. The molecule has 0 aromatic heterocycles. The Hall–Kier alpha value is -1.59. The molecule has 20 heavy (non-hydrogen) atoms. The number of benzene rings is 1. The van der Waals surface area contributed by atoms with Crippen LogP contribution in [-0.2, 0) is 9.53 Å². The summed E-state index contributed by atoms with van der Waals surface area (Å²) in [4.78, 5) is 11.7. The molecule has 5 nitrogen and oxygen atoms in total. The second kappa shape index (κ2) is 7.87. The number of ether oxygens (including phenoxy) is 2. The van der Waals surface area contributed by atoms with Crippen LogP contribution in [0.25, 0.3) is 0 Å². The Morgan fingerprint density at radius 1 is 1.40 bits per heavy atom. The Balaban J connectivity index is 2.61. The van der Waals surface area contributed by atoms with Gasteiger partial charge in [0, 0.05) is 24.8 Å². The summed E-state index contributed by atoms with van der Waals surface area (Å²) >= 11 is 0. The predicted molar refractivity (Wildman–Crippen MR) is 78.8 cm³/mol. The molecule has 1 aromatic rings. The molecule has 0 aliphatic heterocycles. The van der Waals surface area contributed by atoms with E-state index in [0.29, 0.717) is 12.4 Å². The van der Waals surface area contributed by atoms with Crippen LogP contribution in [0.2, 0.25) is 0 Å². The highest BCUT2D eigenvalue weighted by Crippen LogP contribution is 2.24. The van der Waals surface area contributed by atoms with E-state index in [4.69, 9.17) is 15.2 Å². The van der Waals surface area contributed by atoms with Gasteiger partial charge in [-0.1, -0.05) is 12.1 Å². The molecule has 0 radical (unpaired) electrons. The Labute approximate surface area is 120 Å². The fraction of sp³-hybridized carbons (Fsp3) is 0.533. The largest absolute Gasteiger partial charge is 0.483 e. The van der Waals surface area contributed by atoms with Crippen molar-refractivity contribution in [3.8, 4) is 5.75 Å². The Morgan fingerprint density at radius 2 is 2.10 bits per heavy atom. The number of carbonyl (C=O) groups is 1. The number of hydrogen-bond donors (Lipinski definition) is 2. The molecule has 1 amide bonds. The minimum atomic E-state index is -0.174. The maximum absolute atomic E-state index is 11.7. The molecule has 1 aromatic carbocycles. The molecule has 0 spiro atoms. The van der Waals surface area contributed by atoms with E-state index < -0.39 is 0 Å². The quantitative estimate of drug-likeness (QED) is 0.794. The van der Waals surface area contributed by atoms with Gasteiger partial charge >= 0.3 is 0 Å². The molecule has 0 fully saturated rings. The first-order valence-electron chi connectivity index (χ1n) is 6.71. The van der Waals surface area contributed by atoms with Crippen LogP contribution in [-0.4, -0.2) is 32.3 Å². The molecular weight excluding hydrogens is 256 g/mol. The molecule has 3 N–H and O–H groups in total. The summed E-state index contributed by atoms with van der Waals surface area (Å²) in [7, 11) is 1.60. The van der Waals surface area contributed by atoms with Gasteiger partial charge in [-0.15, -0.1) is 0 Å². The van der Waals surface area contributed by atoms with Crippen molar-refractivity contribution in [2.45, 2.75) is 32.9 Å². The normalized spacial score (nSPS) is 13.7. The number of carbonyl (C=O) groups excluding carboxylic acids is 1. The van der Waals surface area contributed by atoms with Crippen LogP contribution < -0.4 is 15.8 Å². The molecule has 0 saturated carbocycles. The number of aryl methyl sites for hydroxylation is 1. The molecule has 2 unspecified atom stereocenters. The summed E-state index contributed by atoms with van der Waals surface area (Å²) in [5.74, 6) is 0.487. The van der Waals surface area contributed by atoms with E-state index >= 15 is 0 Å². The number of rotatable bonds is 7. The molecule has 0 aliphatic carbocycles. The van der Waals surface area contributed by atoms with Gasteiger partial charge < -0.3 is 20.5 Å². The average Bonchev–Trinajstić information content (AvgIpc) is 2.36. The van der Waals surface area contributed by atoms with E-state index in [1.807, 2.05) is 39.0 Å². The summed E-state index contributed by atoms with van der Waals surface area (Å²) in [5, 5.41) is 2.79. The zero-order valence-corrected chi connectivity index (χ0v) is 12.6. The van der Waals surface area contributed by atoms with Crippen molar-refractivity contribution in [1.29, 1.82) is 0 Å². The lowest BCUT2D eigenvalue weighted by Gasteiger charge is -2.16. The maximum atomic E-state index is 11.7. The highest BCUT2D eigenvalue weighted by Gasteiger charge is 2.11. The molecule has 2 atom stereocenters. The van der Waals surface area contributed by atoms with Gasteiger partial charge in [-0.05, 0) is 32.4 Å². The first-order valence-corrected chi connectivity index (χ1v) is 6.71. The Morgan fingerprint density at radius 3 is 2.70 bits per heavy atom. The van der Waals surface area contributed by atoms with E-state index in [2.05, 4.69) is 5.32 Å². The molecule has 1 rings (SSSR count). The van der Waals surface area contributed by atoms with Gasteiger partial charge in [0.15, 0.2) is 6.61 Å². The molecule has 5 heteroatoms. The van der Waals surface area contributed by atoms with Crippen LogP contribution in [0.15, 0.2) is 18.2 Å². The zero-order valence-electron chi connectivity index (χ0n) is 12.6. The van der Waals surface area contributed by atoms with Crippen LogP contribution in [0, 0.1) is 6.92 Å². The summed E-state index contributed by atoms with van der Waals surface area (Å²) in [6, 6.07) is 5.63. The van der Waals surface area contributed by atoms with Gasteiger partial charge in [0.25, 0.3) is 5.91 Å². The fourth-order valence-electron chi connectivity index (χ4n) is 1.89.